The number of nitrogens with one attached hydrogen (secondary N) is 2. The summed E-state index contributed by atoms with van der Waals surface area (Å²) in [6.07, 6.45) is 0. The fraction of sp³-hybridized carbons (Fsp3) is 0.111. The molecule has 0 saturated heterocycles. The van der Waals surface area contributed by atoms with Crippen LogP contribution in [0.4, 0.5) is 0 Å². The molecule has 0 aliphatic rings. The average molecular weight is 193 g/mol. The van der Waals surface area contributed by atoms with Gasteiger partial charge in [-0.1, -0.05) is 18.2 Å². The zero-order valence-corrected chi connectivity index (χ0v) is 7.49. The highest BCUT2D eigenvalue weighted by molar-refractivity contribution is 5.96. The highest BCUT2D eigenvalue weighted by Gasteiger charge is 2.05. The molecule has 5 nitrogen and oxygen atoms in total. The Balaban J connectivity index is 2.48. The summed E-state index contributed by atoms with van der Waals surface area (Å²) in [5.41, 5.74) is 2.43. The second kappa shape index (κ2) is 4.98. The monoisotopic (exact) mass is 193 g/mol. The lowest BCUT2D eigenvalue weighted by atomic mass is 10.2. The molecule has 0 aliphatic heterocycles. The summed E-state index contributed by atoms with van der Waals surface area (Å²) in [5, 5.41) is 2.42. The van der Waals surface area contributed by atoms with Gasteiger partial charge in [0.05, 0.1) is 6.54 Å². The maximum absolute atomic E-state index is 11.3. The van der Waals surface area contributed by atoms with Crippen LogP contribution in [-0.2, 0) is 4.79 Å². The highest BCUT2D eigenvalue weighted by Crippen LogP contribution is 1.96. The topological polar surface area (TPSA) is 84.2 Å². The highest BCUT2D eigenvalue weighted by atomic mass is 16.2. The molecule has 0 atom stereocenters. The predicted molar refractivity (Wildman–Crippen MR) is 51.1 cm³/mol. The van der Waals surface area contributed by atoms with Gasteiger partial charge in [-0.2, -0.15) is 0 Å². The Morgan fingerprint density at radius 3 is 2.43 bits per heavy atom. The number of nitrogens with two attached hydrogens (primary N) is 1. The first-order valence-electron chi connectivity index (χ1n) is 4.06. The van der Waals surface area contributed by atoms with Crippen LogP contribution < -0.4 is 16.6 Å². The number of carbonyl (C=O) groups is 2. The molecule has 0 fully saturated rings. The smallest absolute Gasteiger partial charge is 0.253 e. The maximum atomic E-state index is 11.3. The number of hydrogen-bond donors (Lipinski definition) is 3. The Hall–Kier alpha value is -1.88. The average Bonchev–Trinajstić information content (AvgIpc) is 2.26. The second-order valence-corrected chi connectivity index (χ2v) is 2.62. The molecule has 0 aliphatic carbocycles. The van der Waals surface area contributed by atoms with Gasteiger partial charge in [0, 0.05) is 5.56 Å². The predicted octanol–water partition coefficient (Wildman–Crippen LogP) is -0.594. The summed E-state index contributed by atoms with van der Waals surface area (Å²) in [4.78, 5) is 22.0. The van der Waals surface area contributed by atoms with Crippen LogP contribution >= 0.6 is 0 Å². The molecule has 1 rings (SSSR count). The summed E-state index contributed by atoms with van der Waals surface area (Å²) >= 11 is 0. The van der Waals surface area contributed by atoms with Gasteiger partial charge >= 0.3 is 0 Å². The van der Waals surface area contributed by atoms with Gasteiger partial charge in [-0.3, -0.25) is 15.0 Å². The van der Waals surface area contributed by atoms with E-state index in [1.165, 1.54) is 0 Å². The van der Waals surface area contributed by atoms with Crippen molar-refractivity contribution in [3.63, 3.8) is 0 Å². The van der Waals surface area contributed by atoms with Gasteiger partial charge in [-0.25, -0.2) is 5.84 Å². The molecule has 0 radical (unpaired) electrons. The lowest BCUT2D eigenvalue weighted by Gasteiger charge is -2.03. The van der Waals surface area contributed by atoms with Crippen LogP contribution in [0.15, 0.2) is 30.3 Å². The van der Waals surface area contributed by atoms with Gasteiger partial charge in [0.2, 0.25) is 0 Å². The van der Waals surface area contributed by atoms with E-state index in [9.17, 15) is 9.59 Å². The summed E-state index contributed by atoms with van der Waals surface area (Å²) < 4.78 is 0. The first-order valence-corrected chi connectivity index (χ1v) is 4.06. The van der Waals surface area contributed by atoms with Crippen molar-refractivity contribution in [1.82, 2.24) is 10.7 Å². The normalized spacial score (nSPS) is 9.21. The number of hydrazine groups is 1. The standard InChI is InChI=1S/C9H11N3O2/c10-12-8(13)6-11-9(14)7-4-2-1-3-5-7/h1-5H,6,10H2,(H,11,14)(H,12,13). The second-order valence-electron chi connectivity index (χ2n) is 2.62. The zero-order chi connectivity index (χ0) is 10.4. The quantitative estimate of drug-likeness (QED) is 0.340. The number of carbonyl (C=O) groups excluding carboxylic acids is 2. The van der Waals surface area contributed by atoms with E-state index in [2.05, 4.69) is 5.32 Å². The van der Waals surface area contributed by atoms with Crippen LogP contribution in [0.25, 0.3) is 0 Å². The third kappa shape index (κ3) is 2.87. The van der Waals surface area contributed by atoms with Gasteiger partial charge in [0.1, 0.15) is 0 Å². The molecule has 0 aromatic heterocycles. The van der Waals surface area contributed by atoms with Crippen molar-refractivity contribution >= 4 is 11.8 Å². The van der Waals surface area contributed by atoms with Gasteiger partial charge in [0.25, 0.3) is 11.8 Å². The van der Waals surface area contributed by atoms with E-state index >= 15 is 0 Å². The van der Waals surface area contributed by atoms with E-state index in [0.29, 0.717) is 5.56 Å². The number of hydrogen-bond acceptors (Lipinski definition) is 3. The summed E-state index contributed by atoms with van der Waals surface area (Å²) in [5.74, 6) is 4.11. The zero-order valence-electron chi connectivity index (χ0n) is 7.49. The lowest BCUT2D eigenvalue weighted by molar-refractivity contribution is -0.120. The van der Waals surface area contributed by atoms with Crippen molar-refractivity contribution < 1.29 is 9.59 Å². The summed E-state index contributed by atoms with van der Waals surface area (Å²) in [6.45, 7) is -0.121. The molecular formula is C9H11N3O2. The molecule has 74 valence electrons. The number of benzene rings is 1. The largest absolute Gasteiger partial charge is 0.343 e. The molecule has 5 heteroatoms. The summed E-state index contributed by atoms with van der Waals surface area (Å²) in [7, 11) is 0. The molecule has 1 aromatic rings. The minimum atomic E-state index is -0.436. The van der Waals surface area contributed by atoms with Crippen molar-refractivity contribution in [3.05, 3.63) is 35.9 Å². The van der Waals surface area contributed by atoms with Gasteiger partial charge in [0.15, 0.2) is 0 Å². The van der Waals surface area contributed by atoms with E-state index in [4.69, 9.17) is 5.84 Å². The molecule has 4 N–H and O–H groups in total. The maximum Gasteiger partial charge on any atom is 0.253 e. The minimum Gasteiger partial charge on any atom is -0.343 e. The van der Waals surface area contributed by atoms with Crippen molar-refractivity contribution in [3.8, 4) is 0 Å². The first kappa shape index (κ1) is 10.2. The molecule has 0 spiro atoms. The molecular weight excluding hydrogens is 182 g/mol. The van der Waals surface area contributed by atoms with Crippen LogP contribution in [-0.4, -0.2) is 18.4 Å². The molecule has 0 bridgehead atoms. The molecule has 14 heavy (non-hydrogen) atoms. The Morgan fingerprint density at radius 2 is 1.86 bits per heavy atom. The Kier molecular flexibility index (Phi) is 3.63. The van der Waals surface area contributed by atoms with Crippen LogP contribution in [0.2, 0.25) is 0 Å². The van der Waals surface area contributed by atoms with E-state index in [0.717, 1.165) is 0 Å². The summed E-state index contributed by atoms with van der Waals surface area (Å²) in [6, 6.07) is 8.63. The van der Waals surface area contributed by atoms with Crippen LogP contribution in [0.1, 0.15) is 10.4 Å². The van der Waals surface area contributed by atoms with E-state index in [1.54, 1.807) is 24.3 Å². The third-order valence-electron chi connectivity index (χ3n) is 1.61. The molecule has 0 saturated carbocycles. The Morgan fingerprint density at radius 1 is 1.21 bits per heavy atom. The number of amides is 2. The fourth-order valence-corrected chi connectivity index (χ4v) is 0.903. The van der Waals surface area contributed by atoms with Crippen LogP contribution in [0.3, 0.4) is 0 Å². The first-order chi connectivity index (χ1) is 6.74. The molecule has 0 heterocycles. The lowest BCUT2D eigenvalue weighted by Crippen LogP contribution is -2.40. The van der Waals surface area contributed by atoms with E-state index in [-0.39, 0.29) is 12.5 Å². The van der Waals surface area contributed by atoms with Crippen molar-refractivity contribution in [2.75, 3.05) is 6.54 Å². The number of rotatable bonds is 3. The molecule has 0 unspecified atom stereocenters. The Labute approximate surface area is 81.3 Å². The van der Waals surface area contributed by atoms with Crippen LogP contribution in [0, 0.1) is 0 Å². The van der Waals surface area contributed by atoms with Crippen LogP contribution in [0.5, 0.6) is 0 Å². The third-order valence-corrected chi connectivity index (χ3v) is 1.61. The Bertz CT molecular complexity index is 324. The molecule has 2 amide bonds. The SMILES string of the molecule is NNC(=O)CNC(=O)c1ccccc1. The van der Waals surface area contributed by atoms with E-state index in [1.807, 2.05) is 11.5 Å². The van der Waals surface area contributed by atoms with Gasteiger partial charge in [-0.05, 0) is 12.1 Å². The van der Waals surface area contributed by atoms with Gasteiger partial charge < -0.3 is 5.32 Å². The van der Waals surface area contributed by atoms with E-state index < -0.39 is 5.91 Å². The fourth-order valence-electron chi connectivity index (χ4n) is 0.903. The molecule has 1 aromatic carbocycles. The van der Waals surface area contributed by atoms with Crippen molar-refractivity contribution in [2.45, 2.75) is 0 Å². The van der Waals surface area contributed by atoms with Crippen molar-refractivity contribution in [2.24, 2.45) is 5.84 Å². The van der Waals surface area contributed by atoms with Gasteiger partial charge in [-0.15, -0.1) is 0 Å². The van der Waals surface area contributed by atoms with Crippen molar-refractivity contribution in [1.29, 1.82) is 0 Å². The minimum absolute atomic E-state index is 0.121.